The lowest BCUT2D eigenvalue weighted by Gasteiger charge is -2.12. The summed E-state index contributed by atoms with van der Waals surface area (Å²) in [5.41, 5.74) is 0.503. The van der Waals surface area contributed by atoms with E-state index in [2.05, 4.69) is 9.97 Å². The summed E-state index contributed by atoms with van der Waals surface area (Å²) in [5, 5.41) is 0.588. The summed E-state index contributed by atoms with van der Waals surface area (Å²) in [6.07, 6.45) is 4.07. The van der Waals surface area contributed by atoms with Gasteiger partial charge in [0, 0.05) is 4.88 Å². The van der Waals surface area contributed by atoms with Crippen LogP contribution in [-0.4, -0.2) is 14.5 Å². The molecule has 21 heavy (non-hydrogen) atoms. The molecule has 0 unspecified atom stereocenters. The van der Waals surface area contributed by atoms with Crippen molar-refractivity contribution in [2.45, 2.75) is 45.4 Å². The average Bonchev–Trinajstić information content (AvgIpc) is 3.01. The quantitative estimate of drug-likeness (QED) is 0.863. The highest BCUT2D eigenvalue weighted by Crippen LogP contribution is 2.34. The number of hydrogen-bond acceptors (Lipinski definition) is 4. The van der Waals surface area contributed by atoms with Crippen LogP contribution < -0.4 is 11.2 Å². The Morgan fingerprint density at radius 2 is 1.95 bits per heavy atom. The number of rotatable bonds is 2. The first-order valence-corrected chi connectivity index (χ1v) is 8.17. The first-order valence-electron chi connectivity index (χ1n) is 6.98. The van der Waals surface area contributed by atoms with Gasteiger partial charge >= 0.3 is 5.69 Å². The second kappa shape index (κ2) is 5.42. The molecule has 7 heteroatoms. The van der Waals surface area contributed by atoms with Crippen molar-refractivity contribution in [1.82, 2.24) is 14.5 Å². The maximum Gasteiger partial charge on any atom is 0.336 e. The van der Waals surface area contributed by atoms with E-state index in [4.69, 9.17) is 11.6 Å². The lowest BCUT2D eigenvalue weighted by Crippen LogP contribution is -2.36. The number of aromatic amines is 1. The van der Waals surface area contributed by atoms with Crippen molar-refractivity contribution in [2.75, 3.05) is 0 Å². The fourth-order valence-electron chi connectivity index (χ4n) is 2.82. The summed E-state index contributed by atoms with van der Waals surface area (Å²) in [7, 11) is 0. The van der Waals surface area contributed by atoms with Crippen molar-refractivity contribution in [2.24, 2.45) is 0 Å². The normalized spacial score (nSPS) is 15.8. The summed E-state index contributed by atoms with van der Waals surface area (Å²) >= 11 is 7.47. The summed E-state index contributed by atoms with van der Waals surface area (Å²) < 4.78 is 1.12. The van der Waals surface area contributed by atoms with E-state index in [9.17, 15) is 9.59 Å². The van der Waals surface area contributed by atoms with Crippen LogP contribution in [0.4, 0.5) is 0 Å². The first-order chi connectivity index (χ1) is 9.99. The maximum absolute atomic E-state index is 12.7. The van der Waals surface area contributed by atoms with Gasteiger partial charge in [0.15, 0.2) is 0 Å². The van der Waals surface area contributed by atoms with Crippen molar-refractivity contribution in [3.8, 4) is 5.13 Å². The van der Waals surface area contributed by atoms with Gasteiger partial charge in [0.25, 0.3) is 5.56 Å². The number of thiazole rings is 1. The molecule has 5 nitrogen and oxygen atoms in total. The molecule has 0 amide bonds. The molecule has 3 rings (SSSR count). The van der Waals surface area contributed by atoms with Gasteiger partial charge in [0.05, 0.1) is 11.3 Å². The SMILES string of the molecule is Cc1nc(-n2c(=O)[nH]c(Cl)c(C3CCCC3)c2=O)sc1C. The van der Waals surface area contributed by atoms with Crippen molar-refractivity contribution in [3.05, 3.63) is 42.1 Å². The molecule has 0 atom stereocenters. The third-order valence-electron chi connectivity index (χ3n) is 4.06. The molecular formula is C14H16ClN3O2S. The fraction of sp³-hybridized carbons (Fsp3) is 0.500. The highest BCUT2D eigenvalue weighted by molar-refractivity contribution is 7.14. The summed E-state index contributed by atoms with van der Waals surface area (Å²) in [6, 6.07) is 0. The van der Waals surface area contributed by atoms with Crippen LogP contribution in [0.15, 0.2) is 9.59 Å². The zero-order valence-electron chi connectivity index (χ0n) is 11.9. The number of nitrogens with one attached hydrogen (secondary N) is 1. The van der Waals surface area contributed by atoms with Crippen molar-refractivity contribution in [1.29, 1.82) is 0 Å². The predicted molar refractivity (Wildman–Crippen MR) is 84.0 cm³/mol. The Morgan fingerprint density at radius 1 is 1.29 bits per heavy atom. The highest BCUT2D eigenvalue weighted by atomic mass is 35.5. The standard InChI is InChI=1S/C14H16ClN3O2S/c1-7-8(2)21-14(16-7)18-12(19)10(9-5-3-4-6-9)11(15)17-13(18)20/h9H,3-6H2,1-2H3,(H,17,20). The Kier molecular flexibility index (Phi) is 3.75. The molecule has 0 spiro atoms. The van der Waals surface area contributed by atoms with Crippen molar-refractivity contribution < 1.29 is 0 Å². The molecule has 0 bridgehead atoms. The van der Waals surface area contributed by atoms with Gasteiger partial charge in [-0.3, -0.25) is 9.78 Å². The molecule has 1 saturated carbocycles. The number of aryl methyl sites for hydroxylation is 2. The van der Waals surface area contributed by atoms with Crippen molar-refractivity contribution >= 4 is 22.9 Å². The van der Waals surface area contributed by atoms with Crippen LogP contribution >= 0.6 is 22.9 Å². The minimum Gasteiger partial charge on any atom is -0.297 e. The molecule has 2 aromatic rings. The first kappa shape index (κ1) is 14.5. The van der Waals surface area contributed by atoms with Crippen LogP contribution in [0.5, 0.6) is 0 Å². The molecule has 2 heterocycles. The predicted octanol–water partition coefficient (Wildman–Crippen LogP) is 2.91. The largest absolute Gasteiger partial charge is 0.336 e. The molecule has 112 valence electrons. The molecule has 0 aliphatic heterocycles. The van der Waals surface area contributed by atoms with Gasteiger partial charge in [-0.2, -0.15) is 0 Å². The molecular weight excluding hydrogens is 310 g/mol. The zero-order valence-corrected chi connectivity index (χ0v) is 13.5. The molecule has 1 aliphatic carbocycles. The molecule has 2 aromatic heterocycles. The smallest absolute Gasteiger partial charge is 0.297 e. The molecule has 0 aromatic carbocycles. The van der Waals surface area contributed by atoms with Gasteiger partial charge in [-0.15, -0.1) is 11.3 Å². The Labute approximate surface area is 130 Å². The van der Waals surface area contributed by atoms with Crippen LogP contribution in [0.3, 0.4) is 0 Å². The van der Waals surface area contributed by atoms with Crippen LogP contribution in [-0.2, 0) is 0 Å². The lowest BCUT2D eigenvalue weighted by molar-refractivity contribution is 0.688. The van der Waals surface area contributed by atoms with E-state index in [0.29, 0.717) is 10.7 Å². The van der Waals surface area contributed by atoms with Gasteiger partial charge in [-0.05, 0) is 32.6 Å². The van der Waals surface area contributed by atoms with E-state index in [1.165, 1.54) is 11.3 Å². The molecule has 1 aliphatic rings. The highest BCUT2D eigenvalue weighted by Gasteiger charge is 2.26. The van der Waals surface area contributed by atoms with Crippen LogP contribution in [0.1, 0.15) is 47.7 Å². The number of hydrogen-bond donors (Lipinski definition) is 1. The third-order valence-corrected chi connectivity index (χ3v) is 5.42. The molecule has 1 N–H and O–H groups in total. The zero-order chi connectivity index (χ0) is 15.1. The van der Waals surface area contributed by atoms with Gasteiger partial charge in [-0.1, -0.05) is 24.4 Å². The maximum atomic E-state index is 12.7. The number of aromatic nitrogens is 3. The van der Waals surface area contributed by atoms with E-state index in [-0.39, 0.29) is 16.6 Å². The second-order valence-electron chi connectivity index (χ2n) is 5.42. The van der Waals surface area contributed by atoms with Crippen molar-refractivity contribution in [3.63, 3.8) is 0 Å². The third kappa shape index (κ3) is 2.46. The summed E-state index contributed by atoms with van der Waals surface area (Å²) in [5.74, 6) is 0.134. The van der Waals surface area contributed by atoms with Crippen LogP contribution in [0.2, 0.25) is 5.15 Å². The van der Waals surface area contributed by atoms with Gasteiger partial charge in [0.1, 0.15) is 5.15 Å². The summed E-state index contributed by atoms with van der Waals surface area (Å²) in [6.45, 7) is 3.78. The topological polar surface area (TPSA) is 67.8 Å². The minimum absolute atomic E-state index is 0.134. The number of halogens is 1. The monoisotopic (exact) mass is 325 g/mol. The fourth-order valence-corrected chi connectivity index (χ4v) is 4.04. The van der Waals surface area contributed by atoms with E-state index in [1.807, 2.05) is 13.8 Å². The van der Waals surface area contributed by atoms with E-state index >= 15 is 0 Å². The number of H-pyrrole nitrogens is 1. The minimum atomic E-state index is -0.527. The van der Waals surface area contributed by atoms with Gasteiger partial charge < -0.3 is 0 Å². The molecule has 0 saturated heterocycles. The van der Waals surface area contributed by atoms with Gasteiger partial charge in [0.2, 0.25) is 5.13 Å². The Morgan fingerprint density at radius 3 is 2.52 bits per heavy atom. The molecule has 1 fully saturated rings. The number of nitrogens with zero attached hydrogens (tertiary/aromatic N) is 2. The van der Waals surface area contributed by atoms with E-state index < -0.39 is 5.69 Å². The Balaban J connectivity index is 2.23. The van der Waals surface area contributed by atoms with Gasteiger partial charge in [-0.25, -0.2) is 14.3 Å². The van der Waals surface area contributed by atoms with E-state index in [1.54, 1.807) is 0 Å². The average molecular weight is 326 g/mol. The summed E-state index contributed by atoms with van der Waals surface area (Å²) in [4.78, 5) is 32.8. The second-order valence-corrected chi connectivity index (χ2v) is 6.98. The Hall–Kier alpha value is -1.40. The molecule has 0 radical (unpaired) electrons. The van der Waals surface area contributed by atoms with Crippen LogP contribution in [0, 0.1) is 13.8 Å². The Bertz CT molecular complexity index is 780. The van der Waals surface area contributed by atoms with E-state index in [0.717, 1.165) is 40.8 Å². The lowest BCUT2D eigenvalue weighted by atomic mass is 10.0. The van der Waals surface area contributed by atoms with Crippen LogP contribution in [0.25, 0.3) is 5.13 Å².